The van der Waals surface area contributed by atoms with E-state index in [0.717, 1.165) is 27.2 Å². The molecule has 6 N–H and O–H groups in total. The van der Waals surface area contributed by atoms with Crippen LogP contribution in [-0.2, 0) is 20.6 Å². The average Bonchev–Trinajstić information content (AvgIpc) is 1.60. The number of nitrogens with zero attached hydrogens (tertiary/aromatic N) is 9. The molecule has 6 aromatic rings. The molecule has 0 radical (unpaired) electrons. The minimum atomic E-state index is -1.44. The second-order valence-corrected chi connectivity index (χ2v) is 38.8. The number of rotatable bonds is 40. The van der Waals surface area contributed by atoms with Gasteiger partial charge in [0.15, 0.2) is 52.2 Å². The topological polar surface area (TPSA) is 454 Å². The molecule has 0 aliphatic carbocycles. The van der Waals surface area contributed by atoms with Gasteiger partial charge in [0.25, 0.3) is 35.0 Å². The zero-order valence-corrected chi connectivity index (χ0v) is 78.9. The van der Waals surface area contributed by atoms with Gasteiger partial charge in [0.2, 0.25) is 0 Å². The van der Waals surface area contributed by atoms with Crippen molar-refractivity contribution in [3.05, 3.63) is 182 Å². The summed E-state index contributed by atoms with van der Waals surface area (Å²) in [7, 11) is 11.5. The average molecular weight is 1920 g/mol. The van der Waals surface area contributed by atoms with E-state index in [4.69, 9.17) is 52.1 Å². The van der Waals surface area contributed by atoms with Gasteiger partial charge in [0.1, 0.15) is 28.0 Å². The number of carbonyl (C=O) groups excluding carboxylic acids is 7. The molecule has 6 aliphatic rings. The van der Waals surface area contributed by atoms with Crippen molar-refractivity contribution >= 4 is 114 Å². The zero-order valence-electron chi connectivity index (χ0n) is 75.6. The zero-order chi connectivity index (χ0) is 96.1. The molecule has 41 heteroatoms. The Morgan fingerprint density at radius 3 is 1.38 bits per heavy atom. The van der Waals surface area contributed by atoms with Crippen molar-refractivity contribution in [1.29, 1.82) is 0 Å². The lowest BCUT2D eigenvalue weighted by Gasteiger charge is -2.31. The summed E-state index contributed by atoms with van der Waals surface area (Å²) in [6.45, 7) is 26.8. The van der Waals surface area contributed by atoms with E-state index in [0.29, 0.717) is 129 Å². The van der Waals surface area contributed by atoms with Crippen LogP contribution in [0.1, 0.15) is 159 Å². The van der Waals surface area contributed by atoms with E-state index in [9.17, 15) is 74.2 Å². The SMILES string of the molecule is C=C1C[C@@H](CO)N(C(=O)c2cc(OC)c(OCCCCCOc3cc(NC(=O)OC(C)(C)C)c(C(=O)N4CC(=C)C[C@H]4CO)cc3OC)cc2NC(=O)OCC[C@@H](C)SSc2ccc([N+](=O)[O-])cn2)C1.C=C1C[C@H]2[C@H](O)Cc3cc(OCCCCCOc4cc5c(cc4OC)C(=O)N4CC(=C)C[C@H]4[C@H](O)N5C(=O)OCC[C@@H](C)SSc4ccc([N+](=O)[O-])cn4)c(OC)cc3C(=O)N2C1. The summed E-state index contributed by atoms with van der Waals surface area (Å²) in [5.74, 6) is 1.05. The first kappa shape index (κ1) is 102. The van der Waals surface area contributed by atoms with Gasteiger partial charge in [-0.3, -0.25) is 50.0 Å². The largest absolute Gasteiger partial charge is 0.493 e. The van der Waals surface area contributed by atoms with Crippen LogP contribution in [0.5, 0.6) is 46.0 Å². The number of methoxy groups -OCH3 is 4. The van der Waals surface area contributed by atoms with E-state index >= 15 is 0 Å². The molecule has 4 saturated heterocycles. The number of nitro groups is 2. The number of unbranched alkanes of at least 4 members (excludes halogenated alkanes) is 4. The van der Waals surface area contributed by atoms with Crippen LogP contribution in [0.2, 0.25) is 0 Å². The Morgan fingerprint density at radius 2 is 0.932 bits per heavy atom. The number of pyridine rings is 2. The number of hydrogen-bond donors (Lipinski definition) is 6. The van der Waals surface area contributed by atoms with E-state index in [1.165, 1.54) is 147 Å². The number of aliphatic hydroxyl groups is 4. The highest BCUT2D eigenvalue weighted by molar-refractivity contribution is 8.77. The molecule has 0 unspecified atom stereocenters. The van der Waals surface area contributed by atoms with Crippen molar-refractivity contribution in [2.45, 2.75) is 181 Å². The summed E-state index contributed by atoms with van der Waals surface area (Å²) in [6.07, 6.45) is 4.56. The van der Waals surface area contributed by atoms with Crippen LogP contribution in [0, 0.1) is 20.2 Å². The van der Waals surface area contributed by atoms with Crippen LogP contribution in [0.4, 0.5) is 42.8 Å². The van der Waals surface area contributed by atoms with Crippen molar-refractivity contribution in [1.82, 2.24) is 29.6 Å². The van der Waals surface area contributed by atoms with Gasteiger partial charge < -0.3 is 92.1 Å². The van der Waals surface area contributed by atoms with Gasteiger partial charge in [0.05, 0.1) is 155 Å². The Balaban J connectivity index is 0.000000257. The lowest BCUT2D eigenvalue weighted by molar-refractivity contribution is -0.385. The number of aromatic nitrogens is 2. The first-order valence-corrected chi connectivity index (χ1v) is 47.7. The Morgan fingerprint density at radius 1 is 0.519 bits per heavy atom. The third-order valence-electron chi connectivity index (χ3n) is 22.4. The predicted molar refractivity (Wildman–Crippen MR) is 501 cm³/mol. The second-order valence-electron chi connectivity index (χ2n) is 33.5. The van der Waals surface area contributed by atoms with Crippen LogP contribution in [0.15, 0.2) is 144 Å². The van der Waals surface area contributed by atoms with Crippen molar-refractivity contribution in [3.63, 3.8) is 0 Å². The number of likely N-dealkylation sites (tertiary alicyclic amines) is 2. The van der Waals surface area contributed by atoms with Gasteiger partial charge >= 0.3 is 18.3 Å². The third-order valence-corrected chi connectivity index (χ3v) is 28.1. The van der Waals surface area contributed by atoms with Crippen LogP contribution in [0.25, 0.3) is 0 Å². The molecule has 0 spiro atoms. The number of anilines is 3. The Labute approximate surface area is 786 Å². The predicted octanol–water partition coefficient (Wildman–Crippen LogP) is 14.9. The first-order valence-electron chi connectivity index (χ1n) is 43.3. The van der Waals surface area contributed by atoms with Gasteiger partial charge in [-0.05, 0) is 167 Å². The molecule has 0 saturated carbocycles. The molecular weight excluding hydrogens is 1800 g/mol. The number of nitrogens with one attached hydrogen (secondary N) is 2. The maximum Gasteiger partial charge on any atom is 0.416 e. The quantitative estimate of drug-likeness (QED) is 0.00519. The lowest BCUT2D eigenvalue weighted by atomic mass is 9.98. The third kappa shape index (κ3) is 26.6. The molecule has 4 fully saturated rings. The van der Waals surface area contributed by atoms with E-state index in [-0.39, 0.29) is 168 Å². The summed E-state index contributed by atoms with van der Waals surface area (Å²) in [5.41, 5.74) is 4.15. The molecule has 7 amide bonds. The highest BCUT2D eigenvalue weighted by atomic mass is 33.1. The van der Waals surface area contributed by atoms with Gasteiger partial charge in [-0.15, -0.1) is 0 Å². The molecule has 8 heterocycles. The smallest absolute Gasteiger partial charge is 0.416 e. The van der Waals surface area contributed by atoms with Gasteiger partial charge in [-0.2, -0.15) is 0 Å². The molecular formula is C92H113N11O26S4. The van der Waals surface area contributed by atoms with Crippen molar-refractivity contribution < 1.29 is 116 Å². The fraction of sp³-hybridized carbons (Fsp3) is 0.467. The van der Waals surface area contributed by atoms with Gasteiger partial charge in [-0.25, -0.2) is 29.3 Å². The molecule has 8 atom stereocenters. The maximum absolute atomic E-state index is 14.0. The number of amides is 7. The molecule has 4 aromatic carbocycles. The van der Waals surface area contributed by atoms with Gasteiger partial charge in [-0.1, -0.05) is 84.0 Å². The van der Waals surface area contributed by atoms with Crippen molar-refractivity contribution in [3.8, 4) is 46.0 Å². The summed E-state index contributed by atoms with van der Waals surface area (Å²) in [6, 6.07) is 16.4. The summed E-state index contributed by atoms with van der Waals surface area (Å²) < 4.78 is 63.7. The monoisotopic (exact) mass is 1920 g/mol. The minimum absolute atomic E-state index is 0.00807. The van der Waals surface area contributed by atoms with E-state index in [2.05, 4.69) is 46.9 Å². The van der Waals surface area contributed by atoms with E-state index in [1.54, 1.807) is 49.9 Å². The van der Waals surface area contributed by atoms with Gasteiger partial charge in [0, 0.05) is 79.0 Å². The van der Waals surface area contributed by atoms with Crippen LogP contribution < -0.4 is 53.4 Å². The fourth-order valence-electron chi connectivity index (χ4n) is 15.6. The normalized spacial score (nSPS) is 18.4. The minimum Gasteiger partial charge on any atom is -0.493 e. The molecule has 12 rings (SSSR count). The number of ether oxygens (including phenoxy) is 11. The molecule has 0 bridgehead atoms. The fourth-order valence-corrected chi connectivity index (χ4v) is 19.7. The molecule has 6 aliphatic heterocycles. The number of carbonyl (C=O) groups is 7. The molecule has 133 heavy (non-hydrogen) atoms. The Kier molecular flexibility index (Phi) is 36.2. The maximum atomic E-state index is 14.0. The highest BCUT2D eigenvalue weighted by Crippen LogP contribution is 2.46. The Bertz CT molecular complexity index is 5280. The first-order chi connectivity index (χ1) is 63.6. The standard InChI is InChI=1S/C48H62N6O14S2.C44H51N5O12S2/c1-29-18-33(27-55)52(25-29)44(57)35-20-39(63-7)41(22-37(35)50-46(59)67-17-14-31(3)69-70-43-13-12-32(24-49-43)54(61)62)65-15-10-9-11-16-66-42-23-38(51-47(60)68-48(4,5)6)36(21-40(42)64-8)45(58)53-26-30(2)19-34(53)28-56;1-25-15-33-35(50)17-28-18-38(36(57-4)19-30(28)41(51)46(33)23-25)59-12-7-6-8-13-60-39-21-32-31(20-37(39)58-5)42(52)47-24-26(2)16-34(47)43(53)48(32)44(54)61-14-11-27(3)62-63-40-10-9-29(22-45-40)49(55)56/h12-13,20-24,31,33-34,55-56H,1-2,9-11,14-19,25-28H2,3-8H3,(H,50,59)(H,51,60);9-10,18-22,27,33-35,43,50,53H,1-2,6-8,11-17,23-24H2,3-5H3/t31-,33+,34+;27-,33+,34+,35-,43+/m11/s1. The van der Waals surface area contributed by atoms with Crippen LogP contribution >= 0.6 is 43.2 Å². The summed E-state index contributed by atoms with van der Waals surface area (Å²) in [5, 5.41) is 71.1. The number of hydrogen-bond acceptors (Lipinski definition) is 32. The van der Waals surface area contributed by atoms with Crippen LogP contribution in [-0.4, -0.2) is 262 Å². The second kappa shape index (κ2) is 47.3. The van der Waals surface area contributed by atoms with Crippen molar-refractivity contribution in [2.24, 2.45) is 0 Å². The van der Waals surface area contributed by atoms with Crippen LogP contribution in [0.3, 0.4) is 0 Å². The summed E-state index contributed by atoms with van der Waals surface area (Å²) in [4.78, 5) is 132. The number of benzene rings is 4. The molecule has 716 valence electrons. The Hall–Kier alpha value is -11.7. The molecule has 2 aromatic heterocycles. The molecule has 37 nitrogen and oxygen atoms in total. The summed E-state index contributed by atoms with van der Waals surface area (Å²) >= 11 is 0. The number of fused-ring (bicyclic) bond motifs is 4. The van der Waals surface area contributed by atoms with Crippen molar-refractivity contribution in [2.75, 3.05) is 123 Å². The van der Waals surface area contributed by atoms with E-state index in [1.807, 2.05) is 13.8 Å². The lowest BCUT2D eigenvalue weighted by Crippen LogP contribution is -2.51. The highest BCUT2D eigenvalue weighted by Gasteiger charge is 2.48. The number of aliphatic hydroxyl groups excluding tert-OH is 4. The van der Waals surface area contributed by atoms with E-state index < -0.39 is 81.9 Å².